The lowest BCUT2D eigenvalue weighted by Gasteiger charge is -2.35. The number of carbonyl (C=O) groups excluding carboxylic acids is 1. The number of ether oxygens (including phenoxy) is 2. The monoisotopic (exact) mass is 350 g/mol. The Hall–Kier alpha value is -2.31. The van der Waals surface area contributed by atoms with Crippen LogP contribution in [-0.4, -0.2) is 30.1 Å². The van der Waals surface area contributed by atoms with Gasteiger partial charge in [-0.1, -0.05) is 26.7 Å². The molecule has 25 heavy (non-hydrogen) atoms. The molecule has 1 fully saturated rings. The zero-order valence-corrected chi connectivity index (χ0v) is 15.2. The number of nitrogens with zero attached hydrogens (tertiary/aromatic N) is 1. The second-order valence-corrected chi connectivity index (χ2v) is 6.73. The van der Waals surface area contributed by atoms with E-state index in [4.69, 9.17) is 9.47 Å². The molecular weight excluding hydrogens is 324 g/mol. The van der Waals surface area contributed by atoms with Crippen LogP contribution in [0.3, 0.4) is 0 Å². The molecule has 1 aliphatic carbocycles. The summed E-state index contributed by atoms with van der Waals surface area (Å²) in [7, 11) is 1.43. The molecule has 0 unspecified atom stereocenters. The molecule has 0 spiro atoms. The topological polar surface area (TPSA) is 90.7 Å². The smallest absolute Gasteiger partial charge is 0.314 e. The van der Waals surface area contributed by atoms with Crippen LogP contribution in [0.25, 0.3) is 0 Å². The van der Waals surface area contributed by atoms with Crippen molar-refractivity contribution in [2.75, 3.05) is 7.11 Å². The fourth-order valence-corrected chi connectivity index (χ4v) is 3.20. The van der Waals surface area contributed by atoms with Crippen molar-refractivity contribution in [3.63, 3.8) is 0 Å². The fraction of sp³-hybridized carbons (Fsp3) is 0.611. The van der Waals surface area contributed by atoms with E-state index in [9.17, 15) is 14.9 Å². The van der Waals surface area contributed by atoms with Gasteiger partial charge in [0.25, 0.3) is 5.91 Å². The molecule has 1 N–H and O–H groups in total. The van der Waals surface area contributed by atoms with E-state index in [-0.39, 0.29) is 23.4 Å². The molecule has 1 aromatic carbocycles. The number of benzene rings is 1. The van der Waals surface area contributed by atoms with Crippen molar-refractivity contribution in [1.82, 2.24) is 5.32 Å². The van der Waals surface area contributed by atoms with Gasteiger partial charge in [-0.3, -0.25) is 14.9 Å². The third-order valence-corrected chi connectivity index (χ3v) is 5.07. The summed E-state index contributed by atoms with van der Waals surface area (Å²) in [6, 6.07) is 4.42. The Morgan fingerprint density at radius 3 is 2.72 bits per heavy atom. The number of nitrogens with one attached hydrogen (secondary N) is 1. The Balaban J connectivity index is 2.05. The Kier molecular flexibility index (Phi) is 6.22. The van der Waals surface area contributed by atoms with E-state index in [1.165, 1.54) is 25.7 Å². The van der Waals surface area contributed by atoms with Crippen molar-refractivity contribution in [2.45, 2.75) is 52.2 Å². The van der Waals surface area contributed by atoms with Crippen molar-refractivity contribution in [1.29, 1.82) is 0 Å². The van der Waals surface area contributed by atoms with Crippen LogP contribution in [0.4, 0.5) is 5.69 Å². The molecule has 1 saturated carbocycles. The van der Waals surface area contributed by atoms with Crippen LogP contribution in [0.5, 0.6) is 11.5 Å². The fourth-order valence-electron chi connectivity index (χ4n) is 3.20. The van der Waals surface area contributed by atoms with E-state index in [0.717, 1.165) is 12.8 Å². The first kappa shape index (κ1) is 19.0. The minimum Gasteiger partial charge on any atom is -0.496 e. The van der Waals surface area contributed by atoms with Gasteiger partial charge < -0.3 is 14.8 Å². The van der Waals surface area contributed by atoms with Gasteiger partial charge in [-0.15, -0.1) is 0 Å². The molecule has 0 heterocycles. The number of hydrogen-bond donors (Lipinski definition) is 1. The summed E-state index contributed by atoms with van der Waals surface area (Å²) in [4.78, 5) is 23.1. The zero-order valence-electron chi connectivity index (χ0n) is 15.2. The van der Waals surface area contributed by atoms with E-state index in [1.54, 1.807) is 13.0 Å². The van der Waals surface area contributed by atoms with Gasteiger partial charge in [-0.25, -0.2) is 0 Å². The highest BCUT2D eigenvalue weighted by Crippen LogP contribution is 2.32. The molecular formula is C18H26N2O5. The maximum atomic E-state index is 12.4. The van der Waals surface area contributed by atoms with E-state index < -0.39 is 11.0 Å². The van der Waals surface area contributed by atoms with Gasteiger partial charge in [0.05, 0.1) is 18.1 Å². The van der Waals surface area contributed by atoms with Crippen LogP contribution in [0.15, 0.2) is 18.2 Å². The summed E-state index contributed by atoms with van der Waals surface area (Å²) in [6.45, 7) is 5.94. The summed E-state index contributed by atoms with van der Waals surface area (Å²) < 4.78 is 10.6. The van der Waals surface area contributed by atoms with Crippen LogP contribution in [0, 0.1) is 22.0 Å². The van der Waals surface area contributed by atoms with Gasteiger partial charge in [0.1, 0.15) is 5.75 Å². The highest BCUT2D eigenvalue weighted by Gasteiger charge is 2.30. The van der Waals surface area contributed by atoms with Crippen molar-refractivity contribution < 1.29 is 19.2 Å². The molecule has 4 atom stereocenters. The number of hydrogen-bond acceptors (Lipinski definition) is 5. The summed E-state index contributed by atoms with van der Waals surface area (Å²) in [5.74, 6) is 1.13. The molecule has 138 valence electrons. The standard InChI is InChI=1S/C18H26N2O5/c1-11-6-5-7-15(12(11)2)19-18(21)13(3)25-17-9-8-14(24-4)10-16(17)20(22)23/h8-13,15H,5-7H2,1-4H3,(H,19,21)/t11-,12-,13-,15-/m1/s1. The lowest BCUT2D eigenvalue weighted by atomic mass is 9.78. The van der Waals surface area contributed by atoms with Crippen molar-refractivity contribution >= 4 is 11.6 Å². The van der Waals surface area contributed by atoms with Crippen LogP contribution in [-0.2, 0) is 4.79 Å². The third-order valence-electron chi connectivity index (χ3n) is 5.07. The number of methoxy groups -OCH3 is 1. The normalized spacial score (nSPS) is 24.2. The molecule has 2 rings (SSSR count). The predicted molar refractivity (Wildman–Crippen MR) is 93.8 cm³/mol. The van der Waals surface area contributed by atoms with E-state index in [1.807, 2.05) is 0 Å². The van der Waals surface area contributed by atoms with Gasteiger partial charge in [0.2, 0.25) is 0 Å². The van der Waals surface area contributed by atoms with E-state index in [0.29, 0.717) is 17.6 Å². The van der Waals surface area contributed by atoms with Crippen LogP contribution >= 0.6 is 0 Å². The molecule has 7 nitrogen and oxygen atoms in total. The summed E-state index contributed by atoms with van der Waals surface area (Å²) in [6.07, 6.45) is 2.40. The average molecular weight is 350 g/mol. The number of nitro benzene ring substituents is 1. The molecule has 1 aliphatic rings. The van der Waals surface area contributed by atoms with E-state index >= 15 is 0 Å². The van der Waals surface area contributed by atoms with Crippen molar-refractivity contribution in [2.24, 2.45) is 11.8 Å². The second kappa shape index (κ2) is 8.18. The maximum Gasteiger partial charge on any atom is 0.314 e. The zero-order chi connectivity index (χ0) is 18.6. The minimum absolute atomic E-state index is 0.0542. The molecule has 0 aliphatic heterocycles. The minimum atomic E-state index is -0.823. The van der Waals surface area contributed by atoms with Gasteiger partial charge in [-0.2, -0.15) is 0 Å². The lowest BCUT2D eigenvalue weighted by molar-refractivity contribution is -0.386. The molecule has 1 amide bonds. The van der Waals surface area contributed by atoms with Crippen molar-refractivity contribution in [3.05, 3.63) is 28.3 Å². The third kappa shape index (κ3) is 4.61. The lowest BCUT2D eigenvalue weighted by Crippen LogP contribution is -2.48. The number of amides is 1. The van der Waals surface area contributed by atoms with Gasteiger partial charge in [0.15, 0.2) is 11.9 Å². The molecule has 0 bridgehead atoms. The van der Waals surface area contributed by atoms with Gasteiger partial charge >= 0.3 is 5.69 Å². The summed E-state index contributed by atoms with van der Waals surface area (Å²) in [5.41, 5.74) is -0.223. The van der Waals surface area contributed by atoms with Gasteiger partial charge in [0, 0.05) is 6.04 Å². The maximum absolute atomic E-state index is 12.4. The van der Waals surface area contributed by atoms with Crippen LogP contribution < -0.4 is 14.8 Å². The number of rotatable bonds is 6. The van der Waals surface area contributed by atoms with Crippen LogP contribution in [0.1, 0.15) is 40.0 Å². The molecule has 1 aromatic rings. The number of carbonyl (C=O) groups is 1. The highest BCUT2D eigenvalue weighted by molar-refractivity contribution is 5.81. The summed E-state index contributed by atoms with van der Waals surface area (Å²) in [5, 5.41) is 14.2. The molecule has 7 heteroatoms. The number of nitro groups is 1. The molecule has 0 saturated heterocycles. The Bertz CT molecular complexity index is 634. The first-order chi connectivity index (χ1) is 11.8. The van der Waals surface area contributed by atoms with Crippen molar-refractivity contribution in [3.8, 4) is 11.5 Å². The SMILES string of the molecule is COc1ccc(O[C@H](C)C(=O)N[C@@H]2CCC[C@@H](C)[C@H]2C)c([N+](=O)[O-])c1. The molecule has 0 radical (unpaired) electrons. The predicted octanol–water partition coefficient (Wildman–Crippen LogP) is 3.31. The molecule has 0 aromatic heterocycles. The Morgan fingerprint density at radius 1 is 1.36 bits per heavy atom. The first-order valence-electron chi connectivity index (χ1n) is 8.63. The largest absolute Gasteiger partial charge is 0.496 e. The van der Waals surface area contributed by atoms with Gasteiger partial charge in [-0.05, 0) is 37.3 Å². The van der Waals surface area contributed by atoms with E-state index in [2.05, 4.69) is 19.2 Å². The second-order valence-electron chi connectivity index (χ2n) is 6.73. The Morgan fingerprint density at radius 2 is 2.08 bits per heavy atom. The quantitative estimate of drug-likeness (QED) is 0.628. The first-order valence-corrected chi connectivity index (χ1v) is 8.63. The average Bonchev–Trinajstić information content (AvgIpc) is 2.59. The van der Waals surface area contributed by atoms with Crippen LogP contribution in [0.2, 0.25) is 0 Å². The Labute approximate surface area is 147 Å². The summed E-state index contributed by atoms with van der Waals surface area (Å²) >= 11 is 0. The highest BCUT2D eigenvalue weighted by atomic mass is 16.6.